The standard InChI is InChI=1S/C13H19N5O/c1-13(2,3)11-9(4-6-14)12(19)18(17-11)10-5-7-15-8-16-10/h5,7-9H,4,6,14H2,1-3H3. The molecule has 0 aromatic carbocycles. The number of hydrazone groups is 1. The Labute approximate surface area is 112 Å². The fourth-order valence-electron chi connectivity index (χ4n) is 2.16. The van der Waals surface area contributed by atoms with Crippen LogP contribution in [-0.2, 0) is 4.79 Å². The predicted octanol–water partition coefficient (Wildman–Crippen LogP) is 1.19. The quantitative estimate of drug-likeness (QED) is 0.885. The van der Waals surface area contributed by atoms with Crippen molar-refractivity contribution in [2.24, 2.45) is 22.2 Å². The summed E-state index contributed by atoms with van der Waals surface area (Å²) in [5.74, 6) is 0.190. The normalized spacial score (nSPS) is 19.8. The van der Waals surface area contributed by atoms with Gasteiger partial charge in [-0.2, -0.15) is 10.1 Å². The van der Waals surface area contributed by atoms with E-state index in [4.69, 9.17) is 5.73 Å². The summed E-state index contributed by atoms with van der Waals surface area (Å²) in [6.07, 6.45) is 3.61. The first-order valence-electron chi connectivity index (χ1n) is 6.34. The van der Waals surface area contributed by atoms with Gasteiger partial charge in [0.15, 0.2) is 5.82 Å². The van der Waals surface area contributed by atoms with E-state index >= 15 is 0 Å². The van der Waals surface area contributed by atoms with Crippen LogP contribution in [0.2, 0.25) is 0 Å². The highest BCUT2D eigenvalue weighted by molar-refractivity contribution is 6.16. The van der Waals surface area contributed by atoms with E-state index in [9.17, 15) is 4.79 Å². The summed E-state index contributed by atoms with van der Waals surface area (Å²) in [7, 11) is 0. The highest BCUT2D eigenvalue weighted by Crippen LogP contribution is 2.32. The molecule has 0 fully saturated rings. The lowest BCUT2D eigenvalue weighted by Crippen LogP contribution is -2.33. The van der Waals surface area contributed by atoms with Gasteiger partial charge in [-0.3, -0.25) is 4.79 Å². The molecule has 1 unspecified atom stereocenters. The molecule has 1 aromatic rings. The van der Waals surface area contributed by atoms with Crippen LogP contribution in [0, 0.1) is 11.3 Å². The van der Waals surface area contributed by atoms with Crippen molar-refractivity contribution in [2.45, 2.75) is 27.2 Å². The molecule has 0 saturated heterocycles. The van der Waals surface area contributed by atoms with E-state index in [1.54, 1.807) is 12.3 Å². The van der Waals surface area contributed by atoms with Gasteiger partial charge in [0.25, 0.3) is 5.91 Å². The highest BCUT2D eigenvalue weighted by Gasteiger charge is 2.41. The number of aromatic nitrogens is 2. The van der Waals surface area contributed by atoms with Crippen LogP contribution in [-0.4, -0.2) is 28.1 Å². The minimum absolute atomic E-state index is 0.0610. The number of amides is 1. The SMILES string of the molecule is CC(C)(C)C1=NN(c2ccncn2)C(=O)C1CCN. The number of nitrogens with zero attached hydrogens (tertiary/aromatic N) is 4. The van der Waals surface area contributed by atoms with Gasteiger partial charge >= 0.3 is 0 Å². The number of carbonyl (C=O) groups is 1. The van der Waals surface area contributed by atoms with E-state index in [0.29, 0.717) is 18.8 Å². The van der Waals surface area contributed by atoms with E-state index in [-0.39, 0.29) is 17.2 Å². The van der Waals surface area contributed by atoms with Gasteiger partial charge in [-0.05, 0) is 13.0 Å². The van der Waals surface area contributed by atoms with E-state index in [1.165, 1.54) is 11.3 Å². The maximum Gasteiger partial charge on any atom is 0.257 e. The fourth-order valence-corrected chi connectivity index (χ4v) is 2.16. The first-order chi connectivity index (χ1) is 8.95. The third kappa shape index (κ3) is 2.63. The third-order valence-corrected chi connectivity index (χ3v) is 3.05. The summed E-state index contributed by atoms with van der Waals surface area (Å²) >= 11 is 0. The molecule has 1 atom stereocenters. The molecule has 19 heavy (non-hydrogen) atoms. The van der Waals surface area contributed by atoms with Crippen molar-refractivity contribution in [1.29, 1.82) is 0 Å². The number of rotatable bonds is 3. The number of anilines is 1. The molecule has 2 rings (SSSR count). The van der Waals surface area contributed by atoms with Gasteiger partial charge in [0, 0.05) is 17.7 Å². The van der Waals surface area contributed by atoms with Crippen molar-refractivity contribution in [1.82, 2.24) is 9.97 Å². The molecular weight excluding hydrogens is 242 g/mol. The summed E-state index contributed by atoms with van der Waals surface area (Å²) < 4.78 is 0. The van der Waals surface area contributed by atoms with Crippen molar-refractivity contribution in [3.05, 3.63) is 18.6 Å². The molecule has 102 valence electrons. The summed E-state index contributed by atoms with van der Waals surface area (Å²) in [5, 5.41) is 5.83. The maximum atomic E-state index is 12.4. The lowest BCUT2D eigenvalue weighted by molar-refractivity contribution is -0.120. The molecule has 0 spiro atoms. The van der Waals surface area contributed by atoms with E-state index in [0.717, 1.165) is 5.71 Å². The zero-order valence-electron chi connectivity index (χ0n) is 11.5. The molecular formula is C13H19N5O. The Bertz CT molecular complexity index is 492. The van der Waals surface area contributed by atoms with Crippen LogP contribution in [0.15, 0.2) is 23.7 Å². The lowest BCUT2D eigenvalue weighted by Gasteiger charge is -2.21. The molecule has 1 aliphatic rings. The second-order valence-corrected chi connectivity index (χ2v) is 5.58. The van der Waals surface area contributed by atoms with Crippen LogP contribution >= 0.6 is 0 Å². The Morgan fingerprint density at radius 1 is 1.42 bits per heavy atom. The monoisotopic (exact) mass is 261 g/mol. The Morgan fingerprint density at radius 2 is 2.16 bits per heavy atom. The Balaban J connectivity index is 2.38. The number of nitrogens with two attached hydrogens (primary N) is 1. The molecule has 0 radical (unpaired) electrons. The fraction of sp³-hybridized carbons (Fsp3) is 0.538. The van der Waals surface area contributed by atoms with Crippen molar-refractivity contribution in [2.75, 3.05) is 11.6 Å². The number of hydrogen-bond acceptors (Lipinski definition) is 5. The largest absolute Gasteiger partial charge is 0.330 e. The Hall–Kier alpha value is -1.82. The minimum Gasteiger partial charge on any atom is -0.330 e. The lowest BCUT2D eigenvalue weighted by atomic mass is 9.81. The molecule has 1 aliphatic heterocycles. The van der Waals surface area contributed by atoms with Crippen molar-refractivity contribution < 1.29 is 4.79 Å². The van der Waals surface area contributed by atoms with Crippen molar-refractivity contribution >= 4 is 17.4 Å². The van der Waals surface area contributed by atoms with Crippen LogP contribution < -0.4 is 10.7 Å². The molecule has 0 aliphatic carbocycles. The summed E-state index contributed by atoms with van der Waals surface area (Å²) in [4.78, 5) is 20.4. The zero-order chi connectivity index (χ0) is 14.0. The summed E-state index contributed by atoms with van der Waals surface area (Å²) in [5.41, 5.74) is 6.30. The summed E-state index contributed by atoms with van der Waals surface area (Å²) in [6, 6.07) is 1.67. The van der Waals surface area contributed by atoms with Gasteiger partial charge < -0.3 is 5.73 Å². The van der Waals surface area contributed by atoms with E-state index in [2.05, 4.69) is 15.1 Å². The van der Waals surface area contributed by atoms with Crippen molar-refractivity contribution in [3.8, 4) is 0 Å². The zero-order valence-corrected chi connectivity index (χ0v) is 11.5. The van der Waals surface area contributed by atoms with Crippen LogP contribution in [0.5, 0.6) is 0 Å². The minimum atomic E-state index is -0.250. The average molecular weight is 261 g/mol. The number of carbonyl (C=O) groups excluding carboxylic acids is 1. The van der Waals surface area contributed by atoms with Crippen LogP contribution in [0.3, 0.4) is 0 Å². The highest BCUT2D eigenvalue weighted by atomic mass is 16.2. The molecule has 2 N–H and O–H groups in total. The average Bonchev–Trinajstić information content (AvgIpc) is 2.69. The molecule has 6 nitrogen and oxygen atoms in total. The van der Waals surface area contributed by atoms with E-state index in [1.807, 2.05) is 20.8 Å². The van der Waals surface area contributed by atoms with Crippen LogP contribution in [0.4, 0.5) is 5.82 Å². The second-order valence-electron chi connectivity index (χ2n) is 5.58. The first-order valence-corrected chi connectivity index (χ1v) is 6.34. The smallest absolute Gasteiger partial charge is 0.257 e. The number of hydrogen-bond donors (Lipinski definition) is 1. The van der Waals surface area contributed by atoms with E-state index < -0.39 is 0 Å². The molecule has 1 aromatic heterocycles. The van der Waals surface area contributed by atoms with Crippen LogP contribution in [0.1, 0.15) is 27.2 Å². The van der Waals surface area contributed by atoms with Gasteiger partial charge in [0.05, 0.1) is 11.6 Å². The molecule has 0 saturated carbocycles. The Morgan fingerprint density at radius 3 is 2.68 bits per heavy atom. The topological polar surface area (TPSA) is 84.5 Å². The van der Waals surface area contributed by atoms with Gasteiger partial charge in [-0.15, -0.1) is 0 Å². The Kier molecular flexibility index (Phi) is 3.61. The maximum absolute atomic E-state index is 12.4. The summed E-state index contributed by atoms with van der Waals surface area (Å²) in [6.45, 7) is 6.60. The van der Waals surface area contributed by atoms with Crippen molar-refractivity contribution in [3.63, 3.8) is 0 Å². The van der Waals surface area contributed by atoms with Gasteiger partial charge in [0.1, 0.15) is 6.33 Å². The molecule has 0 bridgehead atoms. The molecule has 1 amide bonds. The third-order valence-electron chi connectivity index (χ3n) is 3.05. The predicted molar refractivity (Wildman–Crippen MR) is 73.6 cm³/mol. The van der Waals surface area contributed by atoms with Gasteiger partial charge in [-0.25, -0.2) is 9.97 Å². The molecule has 2 heterocycles. The van der Waals surface area contributed by atoms with Crippen LogP contribution in [0.25, 0.3) is 0 Å². The van der Waals surface area contributed by atoms with Gasteiger partial charge in [-0.1, -0.05) is 20.8 Å². The molecule has 6 heteroatoms. The van der Waals surface area contributed by atoms with Gasteiger partial charge in [0.2, 0.25) is 0 Å². The first kappa shape index (κ1) is 13.6. The second kappa shape index (κ2) is 5.05.